The second kappa shape index (κ2) is 5.09. The van der Waals surface area contributed by atoms with Crippen molar-refractivity contribution in [1.29, 1.82) is 0 Å². The van der Waals surface area contributed by atoms with Gasteiger partial charge in [0.05, 0.1) is 16.8 Å². The Morgan fingerprint density at radius 1 is 1.29 bits per heavy atom. The number of hydrogen-bond donors (Lipinski definition) is 3. The van der Waals surface area contributed by atoms with E-state index < -0.39 is 0 Å². The Hall–Kier alpha value is -1.69. The van der Waals surface area contributed by atoms with Gasteiger partial charge in [0.25, 0.3) is 0 Å². The molecule has 0 radical (unpaired) electrons. The molecule has 0 amide bonds. The van der Waals surface area contributed by atoms with Crippen molar-refractivity contribution < 1.29 is 0 Å². The maximum atomic E-state index is 6.08. The first-order valence-corrected chi connectivity index (χ1v) is 5.37. The van der Waals surface area contributed by atoms with Gasteiger partial charge in [0.2, 0.25) is 0 Å². The van der Waals surface area contributed by atoms with Gasteiger partial charge in [-0.2, -0.15) is 0 Å². The minimum absolute atomic E-state index is 0.377. The fourth-order valence-electron chi connectivity index (χ4n) is 1.58. The summed E-state index contributed by atoms with van der Waals surface area (Å²) in [4.78, 5) is 8.23. The van der Waals surface area contributed by atoms with E-state index in [1.54, 1.807) is 36.8 Å². The van der Waals surface area contributed by atoms with Crippen molar-refractivity contribution in [2.24, 2.45) is 5.84 Å². The highest BCUT2D eigenvalue weighted by Gasteiger charge is 2.19. The van der Waals surface area contributed by atoms with Crippen molar-refractivity contribution in [2.75, 3.05) is 5.73 Å². The Morgan fingerprint density at radius 2 is 2.12 bits per heavy atom. The molecule has 1 atom stereocenters. The first-order chi connectivity index (χ1) is 8.24. The SMILES string of the molecule is NNC(c1cnccc1N)c1ncccc1Cl. The minimum Gasteiger partial charge on any atom is -0.398 e. The number of anilines is 1. The Bertz CT molecular complexity index is 471. The maximum Gasteiger partial charge on any atom is 0.0931 e. The van der Waals surface area contributed by atoms with Crippen LogP contribution in [0.3, 0.4) is 0 Å². The van der Waals surface area contributed by atoms with Crippen molar-refractivity contribution in [3.8, 4) is 0 Å². The number of hydrazine groups is 1. The van der Waals surface area contributed by atoms with Crippen LogP contribution in [0.4, 0.5) is 5.69 Å². The van der Waals surface area contributed by atoms with Gasteiger partial charge < -0.3 is 5.73 Å². The first-order valence-electron chi connectivity index (χ1n) is 5.00. The Morgan fingerprint density at radius 3 is 2.76 bits per heavy atom. The Kier molecular flexibility index (Phi) is 3.53. The molecule has 0 aliphatic carbocycles. The molecule has 0 saturated carbocycles. The number of rotatable bonds is 3. The van der Waals surface area contributed by atoms with Crippen LogP contribution in [-0.2, 0) is 0 Å². The van der Waals surface area contributed by atoms with E-state index in [2.05, 4.69) is 15.4 Å². The van der Waals surface area contributed by atoms with Gasteiger partial charge in [0.1, 0.15) is 0 Å². The number of halogens is 1. The second-order valence-electron chi connectivity index (χ2n) is 3.47. The van der Waals surface area contributed by atoms with Crippen molar-refractivity contribution in [2.45, 2.75) is 6.04 Å². The summed E-state index contributed by atoms with van der Waals surface area (Å²) < 4.78 is 0. The molecule has 2 aromatic rings. The molecule has 0 spiro atoms. The number of nitrogens with one attached hydrogen (secondary N) is 1. The van der Waals surface area contributed by atoms with Crippen LogP contribution in [0.15, 0.2) is 36.8 Å². The third-order valence-electron chi connectivity index (χ3n) is 2.43. The zero-order valence-electron chi connectivity index (χ0n) is 8.97. The van der Waals surface area contributed by atoms with Crippen LogP contribution >= 0.6 is 11.6 Å². The van der Waals surface area contributed by atoms with Crippen LogP contribution < -0.4 is 17.0 Å². The van der Waals surface area contributed by atoms with E-state index in [1.807, 2.05) is 0 Å². The molecule has 2 heterocycles. The molecule has 5 nitrogen and oxygen atoms in total. The third-order valence-corrected chi connectivity index (χ3v) is 2.74. The zero-order valence-corrected chi connectivity index (χ0v) is 9.72. The highest BCUT2D eigenvalue weighted by Crippen LogP contribution is 2.28. The molecule has 5 N–H and O–H groups in total. The number of pyridine rings is 2. The normalized spacial score (nSPS) is 12.4. The molecular formula is C11H12ClN5. The van der Waals surface area contributed by atoms with Crippen LogP contribution in [-0.4, -0.2) is 9.97 Å². The summed E-state index contributed by atoms with van der Waals surface area (Å²) in [6, 6.07) is 4.83. The largest absolute Gasteiger partial charge is 0.398 e. The second-order valence-corrected chi connectivity index (χ2v) is 3.88. The van der Waals surface area contributed by atoms with Gasteiger partial charge in [0, 0.05) is 29.8 Å². The molecule has 6 heteroatoms. The summed E-state index contributed by atoms with van der Waals surface area (Å²) >= 11 is 6.08. The molecular weight excluding hydrogens is 238 g/mol. The Balaban J connectivity index is 2.48. The predicted octanol–water partition coefficient (Wildman–Crippen LogP) is 1.26. The maximum absolute atomic E-state index is 6.08. The van der Waals surface area contributed by atoms with Crippen LogP contribution in [0, 0.1) is 0 Å². The lowest BCUT2D eigenvalue weighted by Crippen LogP contribution is -2.30. The van der Waals surface area contributed by atoms with E-state index in [-0.39, 0.29) is 6.04 Å². The zero-order chi connectivity index (χ0) is 12.3. The van der Waals surface area contributed by atoms with E-state index in [9.17, 15) is 0 Å². The van der Waals surface area contributed by atoms with E-state index in [0.717, 1.165) is 5.56 Å². The fourth-order valence-corrected chi connectivity index (χ4v) is 1.82. The van der Waals surface area contributed by atoms with E-state index in [4.69, 9.17) is 23.2 Å². The highest BCUT2D eigenvalue weighted by atomic mass is 35.5. The van der Waals surface area contributed by atoms with Gasteiger partial charge in [-0.25, -0.2) is 5.43 Å². The predicted molar refractivity (Wildman–Crippen MR) is 67.1 cm³/mol. The lowest BCUT2D eigenvalue weighted by molar-refractivity contribution is 0.620. The van der Waals surface area contributed by atoms with Gasteiger partial charge in [-0.3, -0.25) is 15.8 Å². The molecule has 88 valence electrons. The molecule has 0 aromatic carbocycles. The average molecular weight is 250 g/mol. The van der Waals surface area contributed by atoms with Crippen LogP contribution in [0.25, 0.3) is 0 Å². The lowest BCUT2D eigenvalue weighted by Gasteiger charge is -2.18. The molecule has 0 aliphatic heterocycles. The number of nitrogen functional groups attached to an aromatic ring is 1. The summed E-state index contributed by atoms with van der Waals surface area (Å²) in [5, 5.41) is 0.527. The molecule has 0 saturated heterocycles. The molecule has 2 aromatic heterocycles. The molecule has 17 heavy (non-hydrogen) atoms. The highest BCUT2D eigenvalue weighted by molar-refractivity contribution is 6.31. The standard InChI is InChI=1S/C11H12ClN5/c12-8-2-1-4-16-11(8)10(17-14)7-6-15-5-3-9(7)13/h1-6,10,17H,14H2,(H2,13,15). The minimum atomic E-state index is -0.377. The van der Waals surface area contributed by atoms with E-state index in [1.165, 1.54) is 0 Å². The molecule has 0 fully saturated rings. The first kappa shape index (κ1) is 11.8. The van der Waals surface area contributed by atoms with E-state index in [0.29, 0.717) is 16.4 Å². The van der Waals surface area contributed by atoms with Crippen molar-refractivity contribution in [3.63, 3.8) is 0 Å². The van der Waals surface area contributed by atoms with Crippen LogP contribution in [0.1, 0.15) is 17.3 Å². The summed E-state index contributed by atoms with van der Waals surface area (Å²) in [6.45, 7) is 0. The Labute approximate surface area is 104 Å². The van der Waals surface area contributed by atoms with Crippen molar-refractivity contribution in [1.82, 2.24) is 15.4 Å². The van der Waals surface area contributed by atoms with Crippen molar-refractivity contribution in [3.05, 3.63) is 53.1 Å². The molecule has 2 rings (SSSR count). The topological polar surface area (TPSA) is 89.8 Å². The van der Waals surface area contributed by atoms with Crippen molar-refractivity contribution >= 4 is 17.3 Å². The molecule has 1 unspecified atom stereocenters. The lowest BCUT2D eigenvalue weighted by atomic mass is 10.0. The summed E-state index contributed by atoms with van der Waals surface area (Å²) in [5.74, 6) is 5.54. The summed E-state index contributed by atoms with van der Waals surface area (Å²) in [7, 11) is 0. The number of nitrogens with zero attached hydrogens (tertiary/aromatic N) is 2. The summed E-state index contributed by atoms with van der Waals surface area (Å²) in [5.41, 5.74) is 10.5. The van der Waals surface area contributed by atoms with Crippen LogP contribution in [0.5, 0.6) is 0 Å². The van der Waals surface area contributed by atoms with Gasteiger partial charge in [-0.15, -0.1) is 0 Å². The number of nitrogens with two attached hydrogens (primary N) is 2. The van der Waals surface area contributed by atoms with Gasteiger partial charge in [-0.1, -0.05) is 11.6 Å². The smallest absolute Gasteiger partial charge is 0.0931 e. The van der Waals surface area contributed by atoms with E-state index >= 15 is 0 Å². The number of hydrogen-bond acceptors (Lipinski definition) is 5. The average Bonchev–Trinajstić information content (AvgIpc) is 2.34. The fraction of sp³-hybridized carbons (Fsp3) is 0.0909. The number of aromatic nitrogens is 2. The van der Waals surface area contributed by atoms with Gasteiger partial charge in [0.15, 0.2) is 0 Å². The molecule has 0 aliphatic rings. The quantitative estimate of drug-likeness (QED) is 0.563. The summed E-state index contributed by atoms with van der Waals surface area (Å²) in [6.07, 6.45) is 4.91. The van der Waals surface area contributed by atoms with Gasteiger partial charge in [-0.05, 0) is 18.2 Å². The van der Waals surface area contributed by atoms with Crippen LogP contribution in [0.2, 0.25) is 5.02 Å². The monoisotopic (exact) mass is 249 g/mol. The van der Waals surface area contributed by atoms with Gasteiger partial charge >= 0.3 is 0 Å². The molecule has 0 bridgehead atoms. The third kappa shape index (κ3) is 2.36.